The molecule has 3 unspecified atom stereocenters. The highest BCUT2D eigenvalue weighted by atomic mass is 16.6. The molecule has 3 N–H and O–H groups in total. The smallest absolute Gasteiger partial charge is 0.333 e. The summed E-state index contributed by atoms with van der Waals surface area (Å²) in [6.07, 6.45) is 7.68. The first-order valence-electron chi connectivity index (χ1n) is 8.71. The van der Waals surface area contributed by atoms with Crippen LogP contribution in [0.25, 0.3) is 0 Å². The maximum absolute atomic E-state index is 12.1. The van der Waals surface area contributed by atoms with Gasteiger partial charge in [-0.05, 0) is 57.8 Å². The number of rotatable bonds is 6. The van der Waals surface area contributed by atoms with E-state index in [0.29, 0.717) is 17.4 Å². The van der Waals surface area contributed by atoms with Crippen LogP contribution in [-0.4, -0.2) is 29.8 Å². The first-order valence-corrected chi connectivity index (χ1v) is 8.71. The first-order chi connectivity index (χ1) is 10.4. The van der Waals surface area contributed by atoms with Crippen LogP contribution in [0.3, 0.4) is 0 Å². The van der Waals surface area contributed by atoms with E-state index in [9.17, 15) is 4.79 Å². The minimum Gasteiger partial charge on any atom is -0.456 e. The van der Waals surface area contributed by atoms with Crippen LogP contribution < -0.4 is 5.73 Å². The molecular formula is C18H30NO3+. The Morgan fingerprint density at radius 1 is 1.27 bits per heavy atom. The van der Waals surface area contributed by atoms with Gasteiger partial charge in [-0.3, -0.25) is 0 Å². The molecule has 4 saturated carbocycles. The normalized spacial score (nSPS) is 40.5. The van der Waals surface area contributed by atoms with E-state index in [-0.39, 0.29) is 23.3 Å². The van der Waals surface area contributed by atoms with Crippen LogP contribution in [0.1, 0.15) is 58.8 Å². The maximum atomic E-state index is 12.1. The Morgan fingerprint density at radius 3 is 2.41 bits per heavy atom. The average molecular weight is 308 g/mol. The summed E-state index contributed by atoms with van der Waals surface area (Å²) in [5, 5.41) is 0. The second-order valence-corrected chi connectivity index (χ2v) is 8.07. The third kappa shape index (κ3) is 2.95. The van der Waals surface area contributed by atoms with Crippen LogP contribution in [-0.2, 0) is 14.3 Å². The van der Waals surface area contributed by atoms with Crippen LogP contribution >= 0.6 is 0 Å². The Kier molecular flexibility index (Phi) is 4.11. The van der Waals surface area contributed by atoms with E-state index in [0.717, 1.165) is 45.1 Å². The van der Waals surface area contributed by atoms with E-state index >= 15 is 0 Å². The fraction of sp³-hybridized carbons (Fsp3) is 0.833. The van der Waals surface area contributed by atoms with Crippen LogP contribution in [0.5, 0.6) is 0 Å². The summed E-state index contributed by atoms with van der Waals surface area (Å²) >= 11 is 0. The van der Waals surface area contributed by atoms with Gasteiger partial charge in [0.2, 0.25) is 0 Å². The van der Waals surface area contributed by atoms with Crippen molar-refractivity contribution in [1.82, 2.24) is 0 Å². The summed E-state index contributed by atoms with van der Waals surface area (Å²) in [7, 11) is 0. The van der Waals surface area contributed by atoms with Crippen molar-refractivity contribution in [2.24, 2.45) is 11.8 Å². The Hall–Kier alpha value is -0.870. The van der Waals surface area contributed by atoms with Gasteiger partial charge in [0.15, 0.2) is 0 Å². The van der Waals surface area contributed by atoms with Gasteiger partial charge in [-0.15, -0.1) is 0 Å². The maximum Gasteiger partial charge on any atom is 0.333 e. The number of hydrogen-bond donors (Lipinski definition) is 1. The van der Waals surface area contributed by atoms with Crippen molar-refractivity contribution in [2.45, 2.75) is 76.1 Å². The summed E-state index contributed by atoms with van der Waals surface area (Å²) in [5.41, 5.74) is 4.05. The Bertz CT molecular complexity index is 459. The molecule has 0 saturated heterocycles. The second kappa shape index (κ2) is 5.64. The van der Waals surface area contributed by atoms with Crippen molar-refractivity contribution in [2.75, 3.05) is 6.54 Å². The van der Waals surface area contributed by atoms with Gasteiger partial charge in [0.25, 0.3) is 0 Å². The van der Waals surface area contributed by atoms with Crippen molar-refractivity contribution in [3.8, 4) is 0 Å². The van der Waals surface area contributed by atoms with Crippen molar-refractivity contribution in [3.63, 3.8) is 0 Å². The van der Waals surface area contributed by atoms with Crippen molar-refractivity contribution in [3.05, 3.63) is 12.2 Å². The zero-order chi connectivity index (χ0) is 16.0. The van der Waals surface area contributed by atoms with Gasteiger partial charge in [0.1, 0.15) is 5.60 Å². The molecule has 4 aliphatic rings. The minimum absolute atomic E-state index is 0.0754. The third-order valence-corrected chi connectivity index (χ3v) is 5.67. The highest BCUT2D eigenvalue weighted by Crippen LogP contribution is 2.60. The van der Waals surface area contributed by atoms with Gasteiger partial charge in [-0.1, -0.05) is 6.58 Å². The lowest BCUT2D eigenvalue weighted by Crippen LogP contribution is -2.62. The number of hydrogen-bond acceptors (Lipinski definition) is 3. The van der Waals surface area contributed by atoms with Crippen LogP contribution in [0.2, 0.25) is 0 Å². The zero-order valence-electron chi connectivity index (χ0n) is 14.0. The van der Waals surface area contributed by atoms with Crippen molar-refractivity contribution >= 4 is 5.97 Å². The lowest BCUT2D eigenvalue weighted by Gasteiger charge is -2.61. The molecule has 4 bridgehead atoms. The molecule has 0 aliphatic heterocycles. The fourth-order valence-electron chi connectivity index (χ4n) is 5.41. The van der Waals surface area contributed by atoms with Gasteiger partial charge >= 0.3 is 5.97 Å². The van der Waals surface area contributed by atoms with E-state index in [1.54, 1.807) is 6.92 Å². The van der Waals surface area contributed by atoms with E-state index < -0.39 is 0 Å². The van der Waals surface area contributed by atoms with Gasteiger partial charge < -0.3 is 15.2 Å². The second-order valence-electron chi connectivity index (χ2n) is 8.07. The molecule has 0 spiro atoms. The van der Waals surface area contributed by atoms with E-state index in [1.165, 1.54) is 6.42 Å². The topological polar surface area (TPSA) is 63.2 Å². The predicted octanol–water partition coefficient (Wildman–Crippen LogP) is 2.23. The van der Waals surface area contributed by atoms with Gasteiger partial charge in [0, 0.05) is 18.4 Å². The quantitative estimate of drug-likeness (QED) is 0.604. The molecular weight excluding hydrogens is 278 g/mol. The minimum atomic E-state index is -0.301. The molecule has 4 aliphatic carbocycles. The Balaban J connectivity index is 1.77. The highest BCUT2D eigenvalue weighted by Gasteiger charge is 2.60. The zero-order valence-corrected chi connectivity index (χ0v) is 14.0. The number of ether oxygens (including phenoxy) is 2. The van der Waals surface area contributed by atoms with Crippen molar-refractivity contribution in [1.29, 1.82) is 0 Å². The summed E-state index contributed by atoms with van der Waals surface area (Å²) in [6, 6.07) is 0. The predicted molar refractivity (Wildman–Crippen MR) is 84.0 cm³/mol. The van der Waals surface area contributed by atoms with Crippen LogP contribution in [0, 0.1) is 11.8 Å². The lowest BCUT2D eigenvalue weighted by atomic mass is 9.52. The third-order valence-electron chi connectivity index (χ3n) is 5.67. The van der Waals surface area contributed by atoms with Crippen molar-refractivity contribution < 1.29 is 20.0 Å². The molecule has 0 amide bonds. The number of carbonyl (C=O) groups excluding carboxylic acids is 1. The molecule has 4 heteroatoms. The monoisotopic (exact) mass is 308 g/mol. The molecule has 22 heavy (non-hydrogen) atoms. The van der Waals surface area contributed by atoms with Gasteiger partial charge in [-0.25, -0.2) is 4.79 Å². The Morgan fingerprint density at radius 2 is 1.86 bits per heavy atom. The molecule has 0 aromatic rings. The summed E-state index contributed by atoms with van der Waals surface area (Å²) in [5.74, 6) is 1.06. The van der Waals surface area contributed by atoms with Gasteiger partial charge in [-0.2, -0.15) is 0 Å². The number of quaternary nitrogens is 1. The van der Waals surface area contributed by atoms with E-state index in [4.69, 9.17) is 9.47 Å². The van der Waals surface area contributed by atoms with Crippen LogP contribution in [0.4, 0.5) is 0 Å². The molecule has 0 radical (unpaired) electrons. The molecule has 3 atom stereocenters. The fourth-order valence-corrected chi connectivity index (χ4v) is 5.41. The summed E-state index contributed by atoms with van der Waals surface area (Å²) in [6.45, 7) is 8.51. The molecule has 4 rings (SSSR count). The molecule has 0 aromatic carbocycles. The molecule has 0 heterocycles. The molecule has 4 nitrogen and oxygen atoms in total. The number of esters is 1. The standard InChI is InChI=1S/C18H29NO3/c1-12(2)16(20)22-18-9-14-6-15(10-18)8-17(7-14,11-18)21-13(3)4-5-19/h13-15H,1,4-11,19H2,2-3H3/p+1. The lowest BCUT2D eigenvalue weighted by molar-refractivity contribution is -0.373. The van der Waals surface area contributed by atoms with Crippen LogP contribution in [0.15, 0.2) is 12.2 Å². The average Bonchev–Trinajstić information content (AvgIpc) is 2.35. The molecule has 4 fully saturated rings. The summed E-state index contributed by atoms with van der Waals surface area (Å²) in [4.78, 5) is 12.1. The van der Waals surface area contributed by atoms with E-state index in [1.807, 2.05) is 0 Å². The SMILES string of the molecule is C=C(C)C(=O)OC12CC3CC(C1)CC(OC(C)CC[NH3+])(C3)C2. The highest BCUT2D eigenvalue weighted by molar-refractivity contribution is 5.87. The summed E-state index contributed by atoms with van der Waals surface area (Å²) < 4.78 is 12.5. The Labute approximate surface area is 133 Å². The largest absolute Gasteiger partial charge is 0.456 e. The molecule has 0 aromatic heterocycles. The molecule has 124 valence electrons. The van der Waals surface area contributed by atoms with E-state index in [2.05, 4.69) is 19.2 Å². The first kappa shape index (κ1) is 16.0. The van der Waals surface area contributed by atoms with Gasteiger partial charge in [0.05, 0.1) is 18.2 Å². The number of carbonyl (C=O) groups is 1.